The smallest absolute Gasteiger partial charge is 0.326 e. The molecule has 1 aromatic heterocycles. The number of ether oxygens (including phenoxy) is 1. The number of fused-ring (bicyclic) bond motifs is 1. The van der Waals surface area contributed by atoms with Crippen LogP contribution < -0.4 is 15.4 Å². The normalized spacial score (nSPS) is 16.7. The van der Waals surface area contributed by atoms with Crippen LogP contribution in [0, 0.1) is 0 Å². The molecular weight excluding hydrogens is 506 g/mol. The predicted molar refractivity (Wildman–Crippen MR) is 157 cm³/mol. The fourth-order valence-corrected chi connectivity index (χ4v) is 5.57. The number of pyridine rings is 1. The standard InChI is InChI=1S/C31H45N5O4/c1-31(2)17-9-20-36(31)30(39)34-27(29(37)38)16-21-35(22-23-40-26-12-4-3-5-13-26)19-7-6-11-25-15-14-24-10-8-18-32-28(24)33-25/h3-5,12-15,27H,6-11,16-23H2,1-2H3,(H,32,33)(H,34,39)(H,37,38). The molecule has 3 heterocycles. The molecule has 1 saturated heterocycles. The number of nitrogens with one attached hydrogen (secondary N) is 2. The van der Waals surface area contributed by atoms with E-state index < -0.39 is 12.0 Å². The van der Waals surface area contributed by atoms with Gasteiger partial charge < -0.3 is 25.4 Å². The summed E-state index contributed by atoms with van der Waals surface area (Å²) in [5.41, 5.74) is 2.15. The molecule has 0 radical (unpaired) electrons. The van der Waals surface area contributed by atoms with Gasteiger partial charge in [0.05, 0.1) is 0 Å². The van der Waals surface area contributed by atoms with E-state index in [2.05, 4.69) is 27.7 Å². The molecule has 40 heavy (non-hydrogen) atoms. The number of anilines is 1. The summed E-state index contributed by atoms with van der Waals surface area (Å²) in [4.78, 5) is 33.8. The average Bonchev–Trinajstić information content (AvgIpc) is 3.31. The van der Waals surface area contributed by atoms with Crippen molar-refractivity contribution in [1.29, 1.82) is 0 Å². The number of carbonyl (C=O) groups excluding carboxylic acids is 1. The van der Waals surface area contributed by atoms with Gasteiger partial charge in [0.25, 0.3) is 0 Å². The maximum absolute atomic E-state index is 12.9. The first-order valence-corrected chi connectivity index (χ1v) is 14.8. The van der Waals surface area contributed by atoms with Crippen molar-refractivity contribution < 1.29 is 19.4 Å². The number of carbonyl (C=O) groups is 2. The highest BCUT2D eigenvalue weighted by Gasteiger charge is 2.36. The molecule has 4 rings (SSSR count). The van der Waals surface area contributed by atoms with E-state index >= 15 is 0 Å². The van der Waals surface area contributed by atoms with E-state index in [4.69, 9.17) is 9.72 Å². The van der Waals surface area contributed by atoms with E-state index in [1.807, 2.05) is 44.2 Å². The monoisotopic (exact) mass is 551 g/mol. The summed E-state index contributed by atoms with van der Waals surface area (Å²) < 4.78 is 5.92. The zero-order valence-electron chi connectivity index (χ0n) is 24.0. The van der Waals surface area contributed by atoms with E-state index in [0.29, 0.717) is 32.7 Å². The van der Waals surface area contributed by atoms with Gasteiger partial charge in [-0.15, -0.1) is 0 Å². The summed E-state index contributed by atoms with van der Waals surface area (Å²) in [6.07, 6.45) is 7.29. The van der Waals surface area contributed by atoms with Crippen LogP contribution in [0.4, 0.5) is 10.6 Å². The number of amides is 2. The number of hydrogen-bond acceptors (Lipinski definition) is 6. The second-order valence-corrected chi connectivity index (χ2v) is 11.5. The van der Waals surface area contributed by atoms with E-state index in [-0.39, 0.29) is 11.6 Å². The number of benzene rings is 1. The molecule has 2 aliphatic rings. The van der Waals surface area contributed by atoms with Gasteiger partial charge in [-0.2, -0.15) is 0 Å². The Morgan fingerprint density at radius 1 is 1.12 bits per heavy atom. The van der Waals surface area contributed by atoms with Gasteiger partial charge in [0.1, 0.15) is 24.2 Å². The molecule has 0 bridgehead atoms. The lowest BCUT2D eigenvalue weighted by Gasteiger charge is -2.33. The molecule has 2 aliphatic heterocycles. The number of carboxylic acids is 1. The number of unbranched alkanes of at least 4 members (excludes halogenated alkanes) is 1. The number of hydrogen-bond donors (Lipinski definition) is 3. The molecule has 1 atom stereocenters. The second kappa shape index (κ2) is 14.3. The zero-order chi connectivity index (χ0) is 28.4. The van der Waals surface area contributed by atoms with Crippen molar-refractivity contribution in [2.45, 2.75) is 76.8 Å². The highest BCUT2D eigenvalue weighted by molar-refractivity contribution is 5.83. The van der Waals surface area contributed by atoms with Gasteiger partial charge in [-0.25, -0.2) is 14.6 Å². The van der Waals surface area contributed by atoms with Crippen molar-refractivity contribution in [3.8, 4) is 5.75 Å². The van der Waals surface area contributed by atoms with Crippen LogP contribution in [0.25, 0.3) is 0 Å². The van der Waals surface area contributed by atoms with Crippen LogP contribution in [0.1, 0.15) is 63.6 Å². The highest BCUT2D eigenvalue weighted by Crippen LogP contribution is 2.28. The van der Waals surface area contributed by atoms with Crippen LogP contribution in [-0.4, -0.2) is 82.8 Å². The minimum Gasteiger partial charge on any atom is -0.492 e. The van der Waals surface area contributed by atoms with E-state index in [1.54, 1.807) is 4.90 Å². The molecule has 3 N–H and O–H groups in total. The number of aliphatic carboxylic acids is 1. The van der Waals surface area contributed by atoms with Gasteiger partial charge in [-0.3, -0.25) is 4.90 Å². The fraction of sp³-hybridized carbons (Fsp3) is 0.581. The van der Waals surface area contributed by atoms with E-state index in [0.717, 1.165) is 75.3 Å². The fourth-order valence-electron chi connectivity index (χ4n) is 5.57. The maximum atomic E-state index is 12.9. The Kier molecular flexibility index (Phi) is 10.6. The Morgan fingerprint density at radius 3 is 2.70 bits per heavy atom. The number of para-hydroxylation sites is 1. The van der Waals surface area contributed by atoms with Crippen molar-refractivity contribution in [2.75, 3.05) is 44.6 Å². The molecular formula is C31H45N5O4. The van der Waals surface area contributed by atoms with Crippen LogP contribution in [0.3, 0.4) is 0 Å². The van der Waals surface area contributed by atoms with Gasteiger partial charge in [0.15, 0.2) is 0 Å². The molecule has 218 valence electrons. The third kappa shape index (κ3) is 8.58. The SMILES string of the molecule is CC1(C)CCCN1C(=O)NC(CCN(CCCCc1ccc2c(n1)NCCC2)CCOc1ccccc1)C(=O)O. The van der Waals surface area contributed by atoms with Gasteiger partial charge >= 0.3 is 12.0 Å². The van der Waals surface area contributed by atoms with Gasteiger partial charge in [0.2, 0.25) is 0 Å². The first-order valence-electron chi connectivity index (χ1n) is 14.8. The van der Waals surface area contributed by atoms with Crippen molar-refractivity contribution in [3.05, 3.63) is 53.7 Å². The number of nitrogens with zero attached hydrogens (tertiary/aromatic N) is 3. The number of aryl methyl sites for hydroxylation is 2. The number of likely N-dealkylation sites (tertiary alicyclic amines) is 1. The first-order chi connectivity index (χ1) is 19.3. The summed E-state index contributed by atoms with van der Waals surface area (Å²) in [5.74, 6) is 0.846. The van der Waals surface area contributed by atoms with Crippen LogP contribution in [0.15, 0.2) is 42.5 Å². The van der Waals surface area contributed by atoms with Crippen LogP contribution >= 0.6 is 0 Å². The summed E-state index contributed by atoms with van der Waals surface area (Å²) in [6, 6.07) is 12.8. The molecule has 9 nitrogen and oxygen atoms in total. The summed E-state index contributed by atoms with van der Waals surface area (Å²) in [7, 11) is 0. The largest absolute Gasteiger partial charge is 0.492 e. The molecule has 0 saturated carbocycles. The third-order valence-corrected chi connectivity index (χ3v) is 8.00. The van der Waals surface area contributed by atoms with Gasteiger partial charge in [0, 0.05) is 37.4 Å². The molecule has 1 fully saturated rings. The number of carboxylic acid groups (broad SMARTS) is 1. The predicted octanol–water partition coefficient (Wildman–Crippen LogP) is 4.57. The average molecular weight is 552 g/mol. The van der Waals surface area contributed by atoms with Gasteiger partial charge in [-0.1, -0.05) is 24.3 Å². The molecule has 9 heteroatoms. The van der Waals surface area contributed by atoms with Gasteiger partial charge in [-0.05, 0) is 95.5 Å². The summed E-state index contributed by atoms with van der Waals surface area (Å²) in [5, 5.41) is 16.1. The molecule has 0 spiro atoms. The van der Waals surface area contributed by atoms with E-state index in [9.17, 15) is 14.7 Å². The first kappa shape index (κ1) is 29.6. The molecule has 2 amide bonds. The lowest BCUT2D eigenvalue weighted by atomic mass is 10.0. The van der Waals surface area contributed by atoms with Crippen molar-refractivity contribution in [3.63, 3.8) is 0 Å². The highest BCUT2D eigenvalue weighted by atomic mass is 16.5. The second-order valence-electron chi connectivity index (χ2n) is 11.5. The molecule has 0 aliphatic carbocycles. The number of urea groups is 1. The van der Waals surface area contributed by atoms with Crippen molar-refractivity contribution in [2.24, 2.45) is 0 Å². The minimum absolute atomic E-state index is 0.253. The maximum Gasteiger partial charge on any atom is 0.326 e. The zero-order valence-corrected chi connectivity index (χ0v) is 24.0. The molecule has 1 unspecified atom stereocenters. The Balaban J connectivity index is 1.29. The third-order valence-electron chi connectivity index (χ3n) is 8.00. The van der Waals surface area contributed by atoms with Crippen LogP contribution in [0.2, 0.25) is 0 Å². The molecule has 2 aromatic rings. The van der Waals surface area contributed by atoms with Crippen LogP contribution in [-0.2, 0) is 17.6 Å². The Labute approximate surface area is 238 Å². The number of rotatable bonds is 14. The van der Waals surface area contributed by atoms with Crippen molar-refractivity contribution in [1.82, 2.24) is 20.1 Å². The summed E-state index contributed by atoms with van der Waals surface area (Å²) in [6.45, 7) is 8.25. The Hall–Kier alpha value is -3.33. The van der Waals surface area contributed by atoms with Crippen LogP contribution in [0.5, 0.6) is 5.75 Å². The lowest BCUT2D eigenvalue weighted by molar-refractivity contribution is -0.139. The Bertz CT molecular complexity index is 1110. The lowest BCUT2D eigenvalue weighted by Crippen LogP contribution is -2.53. The minimum atomic E-state index is -1.00. The topological polar surface area (TPSA) is 107 Å². The molecule has 1 aromatic carbocycles. The Morgan fingerprint density at radius 2 is 1.95 bits per heavy atom. The van der Waals surface area contributed by atoms with E-state index in [1.165, 1.54) is 5.56 Å². The quantitative estimate of drug-likeness (QED) is 0.295. The number of aromatic nitrogens is 1. The summed E-state index contributed by atoms with van der Waals surface area (Å²) >= 11 is 0. The van der Waals surface area contributed by atoms with Crippen molar-refractivity contribution >= 4 is 17.8 Å².